The van der Waals surface area contributed by atoms with Crippen LogP contribution < -0.4 is 5.73 Å². The van der Waals surface area contributed by atoms with Crippen LogP contribution in [0.3, 0.4) is 0 Å². The minimum absolute atomic E-state index is 0. The van der Waals surface area contributed by atoms with Crippen LogP contribution in [0.1, 0.15) is 40.9 Å². The Balaban J connectivity index is 0.00000133. The fourth-order valence-corrected chi connectivity index (χ4v) is 2.58. The van der Waals surface area contributed by atoms with Gasteiger partial charge in [-0.1, -0.05) is 5.16 Å². The molecule has 3 rings (SSSR count). The minimum atomic E-state index is -0.364. The van der Waals surface area contributed by atoms with Gasteiger partial charge in [0.05, 0.1) is 10.5 Å². The molecule has 2 aromatic rings. The Morgan fingerprint density at radius 3 is 2.79 bits per heavy atom. The Hall–Kier alpha value is -1.24. The quantitative estimate of drug-likeness (QED) is 0.942. The van der Waals surface area contributed by atoms with Crippen molar-refractivity contribution in [1.82, 2.24) is 15.1 Å². The lowest BCUT2D eigenvalue weighted by Gasteiger charge is -2.34. The zero-order valence-electron chi connectivity index (χ0n) is 10.5. The largest absolute Gasteiger partial charge is 0.335 e. The Morgan fingerprint density at radius 2 is 2.21 bits per heavy atom. The first kappa shape index (κ1) is 14.2. The van der Waals surface area contributed by atoms with Crippen molar-refractivity contribution < 1.29 is 4.52 Å². The molecular formula is C12H15ClN4OS. The highest BCUT2D eigenvalue weighted by atomic mass is 35.5. The topological polar surface area (TPSA) is 77.8 Å². The van der Waals surface area contributed by atoms with E-state index in [-0.39, 0.29) is 17.9 Å². The van der Waals surface area contributed by atoms with Gasteiger partial charge >= 0.3 is 0 Å². The van der Waals surface area contributed by atoms with Gasteiger partial charge in [-0.05, 0) is 32.3 Å². The molecule has 2 heterocycles. The minimum Gasteiger partial charge on any atom is -0.335 e. The maximum absolute atomic E-state index is 6.13. The van der Waals surface area contributed by atoms with E-state index in [1.807, 2.05) is 19.2 Å². The summed E-state index contributed by atoms with van der Waals surface area (Å²) in [6, 6.07) is 0. The molecule has 2 aromatic heterocycles. The summed E-state index contributed by atoms with van der Waals surface area (Å²) in [5.74, 6) is 1.11. The SMILES string of the molecule is Cc1ncc(/C=C/c2nc(C3(N)CCC3)no2)s1.Cl. The number of rotatable bonds is 3. The van der Waals surface area contributed by atoms with Crippen molar-refractivity contribution in [2.45, 2.75) is 31.7 Å². The fraction of sp³-hybridized carbons (Fsp3) is 0.417. The van der Waals surface area contributed by atoms with E-state index in [1.54, 1.807) is 17.4 Å². The standard InChI is InChI=1S/C12H14N4OS.ClH/c1-8-14-7-9(18-8)3-4-10-15-11(16-17-10)12(13)5-2-6-12;/h3-4,7H,2,5-6,13H2,1H3;1H/b4-3+;. The molecule has 0 amide bonds. The lowest BCUT2D eigenvalue weighted by Crippen LogP contribution is -2.44. The highest BCUT2D eigenvalue weighted by Crippen LogP contribution is 2.36. The molecule has 1 aliphatic rings. The molecule has 0 atom stereocenters. The number of halogens is 1. The molecule has 1 saturated carbocycles. The summed E-state index contributed by atoms with van der Waals surface area (Å²) in [5, 5.41) is 4.99. The van der Waals surface area contributed by atoms with Gasteiger partial charge in [0.25, 0.3) is 5.89 Å². The van der Waals surface area contributed by atoms with Crippen molar-refractivity contribution in [2.75, 3.05) is 0 Å². The second-order valence-corrected chi connectivity index (χ2v) is 5.85. The van der Waals surface area contributed by atoms with E-state index in [0.29, 0.717) is 11.7 Å². The Labute approximate surface area is 121 Å². The number of thiazole rings is 1. The second-order valence-electron chi connectivity index (χ2n) is 4.58. The maximum Gasteiger partial charge on any atom is 0.250 e. The molecule has 1 aliphatic carbocycles. The van der Waals surface area contributed by atoms with Crippen molar-refractivity contribution in [1.29, 1.82) is 0 Å². The van der Waals surface area contributed by atoms with Gasteiger partial charge < -0.3 is 10.3 Å². The Morgan fingerprint density at radius 1 is 1.42 bits per heavy atom. The van der Waals surface area contributed by atoms with Crippen molar-refractivity contribution in [3.05, 3.63) is 27.8 Å². The summed E-state index contributed by atoms with van der Waals surface area (Å²) in [5.41, 5.74) is 5.77. The predicted molar refractivity (Wildman–Crippen MR) is 77.0 cm³/mol. The number of hydrogen-bond acceptors (Lipinski definition) is 6. The lowest BCUT2D eigenvalue weighted by molar-refractivity contribution is 0.229. The van der Waals surface area contributed by atoms with E-state index in [4.69, 9.17) is 10.3 Å². The summed E-state index contributed by atoms with van der Waals surface area (Å²) >= 11 is 1.62. The number of nitrogens with zero attached hydrogens (tertiary/aromatic N) is 3. The van der Waals surface area contributed by atoms with Gasteiger partial charge in [-0.2, -0.15) is 4.98 Å². The van der Waals surface area contributed by atoms with Crippen molar-refractivity contribution in [3.63, 3.8) is 0 Å². The molecule has 0 aliphatic heterocycles. The van der Waals surface area contributed by atoms with Gasteiger partial charge in [0.15, 0.2) is 5.82 Å². The maximum atomic E-state index is 6.13. The lowest BCUT2D eigenvalue weighted by atomic mass is 9.77. The van der Waals surface area contributed by atoms with Gasteiger partial charge in [-0.25, -0.2) is 4.98 Å². The van der Waals surface area contributed by atoms with E-state index in [9.17, 15) is 0 Å². The van der Waals surface area contributed by atoms with E-state index in [1.165, 1.54) is 0 Å². The summed E-state index contributed by atoms with van der Waals surface area (Å²) in [4.78, 5) is 9.56. The van der Waals surface area contributed by atoms with Crippen LogP contribution in [-0.2, 0) is 5.54 Å². The zero-order chi connectivity index (χ0) is 12.6. The van der Waals surface area contributed by atoms with E-state index >= 15 is 0 Å². The van der Waals surface area contributed by atoms with Crippen LogP contribution in [0.4, 0.5) is 0 Å². The molecule has 19 heavy (non-hydrogen) atoms. The first-order valence-electron chi connectivity index (χ1n) is 5.89. The molecule has 0 radical (unpaired) electrons. The predicted octanol–water partition coefficient (Wildman–Crippen LogP) is 2.76. The van der Waals surface area contributed by atoms with Gasteiger partial charge in [0, 0.05) is 17.2 Å². The summed E-state index contributed by atoms with van der Waals surface area (Å²) < 4.78 is 5.17. The molecule has 0 bridgehead atoms. The van der Waals surface area contributed by atoms with Crippen LogP contribution >= 0.6 is 23.7 Å². The van der Waals surface area contributed by atoms with Crippen LogP contribution in [0.2, 0.25) is 0 Å². The molecule has 7 heteroatoms. The van der Waals surface area contributed by atoms with E-state index in [2.05, 4.69) is 15.1 Å². The van der Waals surface area contributed by atoms with Crippen molar-refractivity contribution in [2.24, 2.45) is 5.73 Å². The Kier molecular flexibility index (Phi) is 4.03. The average Bonchev–Trinajstić information content (AvgIpc) is 2.92. The monoisotopic (exact) mass is 298 g/mol. The normalized spacial score (nSPS) is 17.2. The smallest absolute Gasteiger partial charge is 0.250 e. The molecule has 1 fully saturated rings. The number of nitrogens with two attached hydrogens (primary N) is 1. The van der Waals surface area contributed by atoms with Gasteiger partial charge in [-0.15, -0.1) is 23.7 Å². The first-order valence-corrected chi connectivity index (χ1v) is 6.71. The van der Waals surface area contributed by atoms with Crippen LogP contribution in [0.25, 0.3) is 12.2 Å². The van der Waals surface area contributed by atoms with Gasteiger partial charge in [0.2, 0.25) is 0 Å². The van der Waals surface area contributed by atoms with Gasteiger partial charge in [0.1, 0.15) is 0 Å². The fourth-order valence-electron chi connectivity index (χ4n) is 1.89. The van der Waals surface area contributed by atoms with Crippen LogP contribution in [-0.4, -0.2) is 15.1 Å². The first-order chi connectivity index (χ1) is 8.66. The average molecular weight is 299 g/mol. The van der Waals surface area contributed by atoms with Gasteiger partial charge in [-0.3, -0.25) is 0 Å². The van der Waals surface area contributed by atoms with Crippen molar-refractivity contribution >= 4 is 35.9 Å². The summed E-state index contributed by atoms with van der Waals surface area (Å²) in [7, 11) is 0. The number of aryl methyl sites for hydroxylation is 1. The molecule has 0 saturated heterocycles. The van der Waals surface area contributed by atoms with Crippen LogP contribution in [0.15, 0.2) is 10.7 Å². The van der Waals surface area contributed by atoms with Crippen LogP contribution in [0.5, 0.6) is 0 Å². The Bertz CT molecular complexity index is 588. The summed E-state index contributed by atoms with van der Waals surface area (Å²) in [6.07, 6.45) is 8.55. The van der Waals surface area contributed by atoms with E-state index in [0.717, 1.165) is 29.1 Å². The number of aromatic nitrogens is 3. The highest BCUT2D eigenvalue weighted by Gasteiger charge is 2.38. The molecule has 5 nitrogen and oxygen atoms in total. The third-order valence-corrected chi connectivity index (χ3v) is 4.04. The third kappa shape index (κ3) is 2.86. The molecule has 2 N–H and O–H groups in total. The number of hydrogen-bond donors (Lipinski definition) is 1. The molecule has 0 spiro atoms. The van der Waals surface area contributed by atoms with Crippen LogP contribution in [0, 0.1) is 6.92 Å². The molecule has 0 unspecified atom stereocenters. The second kappa shape index (κ2) is 5.40. The third-order valence-electron chi connectivity index (χ3n) is 3.16. The zero-order valence-corrected chi connectivity index (χ0v) is 12.1. The molecule has 0 aromatic carbocycles. The molecule has 102 valence electrons. The van der Waals surface area contributed by atoms with E-state index < -0.39 is 0 Å². The highest BCUT2D eigenvalue weighted by molar-refractivity contribution is 7.12. The summed E-state index contributed by atoms with van der Waals surface area (Å²) in [6.45, 7) is 1.97. The van der Waals surface area contributed by atoms with Crippen molar-refractivity contribution in [3.8, 4) is 0 Å². The molecular weight excluding hydrogens is 284 g/mol.